The minimum Gasteiger partial charge on any atom is -0.484 e. The zero-order valence-corrected chi connectivity index (χ0v) is 24.1. The molecule has 6 nitrogen and oxygen atoms in total. The van der Waals surface area contributed by atoms with Gasteiger partial charge in [-0.15, -0.1) is 0 Å². The summed E-state index contributed by atoms with van der Waals surface area (Å²) >= 11 is 5.94. The Morgan fingerprint density at radius 3 is 2.39 bits per heavy atom. The largest absolute Gasteiger partial charge is 0.484 e. The van der Waals surface area contributed by atoms with Crippen LogP contribution >= 0.6 is 11.6 Å². The first kappa shape index (κ1) is 27.1. The molecule has 6 rings (SSSR count). The molecule has 208 valence electrons. The van der Waals surface area contributed by atoms with Crippen molar-refractivity contribution in [3.8, 4) is 28.1 Å². The van der Waals surface area contributed by atoms with Crippen molar-refractivity contribution in [3.63, 3.8) is 0 Å². The van der Waals surface area contributed by atoms with Gasteiger partial charge in [-0.2, -0.15) is 0 Å². The number of benzene rings is 3. The van der Waals surface area contributed by atoms with Crippen molar-refractivity contribution < 1.29 is 9.53 Å². The van der Waals surface area contributed by atoms with Gasteiger partial charge in [0.05, 0.1) is 11.4 Å². The normalized spacial score (nSPS) is 14.0. The zero-order valence-electron chi connectivity index (χ0n) is 23.4. The van der Waals surface area contributed by atoms with Gasteiger partial charge in [0, 0.05) is 49.5 Å². The molecule has 0 unspecified atom stereocenters. The third-order valence-corrected chi connectivity index (χ3v) is 8.00. The molecule has 0 radical (unpaired) electrons. The number of carbonyl (C=O) groups excluding carboxylic acids is 1. The topological polar surface area (TPSA) is 50.1 Å². The first-order chi connectivity index (χ1) is 19.9. The molecular formula is C34H33ClN4O2. The van der Waals surface area contributed by atoms with E-state index in [1.165, 1.54) is 22.3 Å². The van der Waals surface area contributed by atoms with Crippen LogP contribution < -0.4 is 4.74 Å². The van der Waals surface area contributed by atoms with E-state index in [0.29, 0.717) is 23.9 Å². The molecule has 0 atom stereocenters. The number of imidazole rings is 1. The Morgan fingerprint density at radius 2 is 1.63 bits per heavy atom. The Morgan fingerprint density at radius 1 is 0.878 bits per heavy atom. The van der Waals surface area contributed by atoms with Gasteiger partial charge in [0.15, 0.2) is 6.61 Å². The molecule has 41 heavy (non-hydrogen) atoms. The summed E-state index contributed by atoms with van der Waals surface area (Å²) in [5, 5.41) is 0.641. The molecule has 1 fully saturated rings. The highest BCUT2D eigenvalue weighted by Gasteiger charge is 2.24. The number of nitrogens with zero attached hydrogens (tertiary/aromatic N) is 4. The van der Waals surface area contributed by atoms with E-state index in [-0.39, 0.29) is 12.5 Å². The fourth-order valence-electron chi connectivity index (χ4n) is 5.41. The van der Waals surface area contributed by atoms with Crippen LogP contribution in [0.2, 0.25) is 5.02 Å². The minimum absolute atomic E-state index is 0.00227. The highest BCUT2D eigenvalue weighted by Crippen LogP contribution is 2.30. The lowest BCUT2D eigenvalue weighted by atomic mass is 10.00. The SMILES string of the molecule is Cc1ccc(C)c(-c2ccc3nc(-c4ccccc4)c(CN4CCN(C(=O)COc5ccc(Cl)cc5)CC4)n3c2)c1. The molecule has 1 aliphatic rings. The van der Waals surface area contributed by atoms with Crippen molar-refractivity contribution in [3.05, 3.63) is 113 Å². The number of amides is 1. The highest BCUT2D eigenvalue weighted by atomic mass is 35.5. The first-order valence-corrected chi connectivity index (χ1v) is 14.3. The standard InChI is InChI=1S/C34H33ClN4O2/c1-24-8-9-25(2)30(20-24)27-10-15-32-36-34(26-6-4-3-5-7-26)31(39(32)21-27)22-37-16-18-38(19-17-37)33(40)23-41-29-13-11-28(35)12-14-29/h3-15,20-21H,16-19,22-23H2,1-2H3. The van der Waals surface area contributed by atoms with Crippen LogP contribution in [0.15, 0.2) is 91.1 Å². The number of rotatable bonds is 7. The maximum atomic E-state index is 12.8. The number of aryl methyl sites for hydroxylation is 2. The van der Waals surface area contributed by atoms with Crippen LogP contribution in [-0.2, 0) is 11.3 Å². The van der Waals surface area contributed by atoms with Crippen LogP contribution in [0.3, 0.4) is 0 Å². The van der Waals surface area contributed by atoms with Crippen LogP contribution in [0.1, 0.15) is 16.8 Å². The average molecular weight is 565 g/mol. The molecule has 7 heteroatoms. The predicted molar refractivity (Wildman–Crippen MR) is 164 cm³/mol. The van der Waals surface area contributed by atoms with Gasteiger partial charge >= 0.3 is 0 Å². The third kappa shape index (κ3) is 5.99. The van der Waals surface area contributed by atoms with E-state index >= 15 is 0 Å². The molecule has 3 aromatic carbocycles. The van der Waals surface area contributed by atoms with E-state index in [9.17, 15) is 4.79 Å². The summed E-state index contributed by atoms with van der Waals surface area (Å²) in [7, 11) is 0. The zero-order chi connectivity index (χ0) is 28.3. The van der Waals surface area contributed by atoms with Gasteiger partial charge in [-0.1, -0.05) is 65.7 Å². The maximum Gasteiger partial charge on any atom is 0.260 e. The summed E-state index contributed by atoms with van der Waals surface area (Å²) in [4.78, 5) is 22.2. The second kappa shape index (κ2) is 11.8. The fraction of sp³-hybridized carbons (Fsp3) is 0.235. The second-order valence-corrected chi connectivity index (χ2v) is 11.1. The van der Waals surface area contributed by atoms with Crippen molar-refractivity contribution in [2.45, 2.75) is 20.4 Å². The summed E-state index contributed by atoms with van der Waals surface area (Å²) in [5.41, 5.74) is 9.10. The number of ether oxygens (including phenoxy) is 1. The summed E-state index contributed by atoms with van der Waals surface area (Å²) < 4.78 is 7.94. The van der Waals surface area contributed by atoms with Crippen molar-refractivity contribution in [2.75, 3.05) is 32.8 Å². The Kier molecular flexibility index (Phi) is 7.77. The van der Waals surface area contributed by atoms with Gasteiger partial charge in [0.1, 0.15) is 11.4 Å². The van der Waals surface area contributed by atoms with Gasteiger partial charge in [-0.05, 0) is 66.9 Å². The number of piperazine rings is 1. The molecule has 0 aliphatic carbocycles. The maximum absolute atomic E-state index is 12.8. The highest BCUT2D eigenvalue weighted by molar-refractivity contribution is 6.30. The lowest BCUT2D eigenvalue weighted by Gasteiger charge is -2.34. The van der Waals surface area contributed by atoms with Crippen molar-refractivity contribution in [1.82, 2.24) is 19.2 Å². The van der Waals surface area contributed by atoms with Crippen LogP contribution in [0, 0.1) is 13.8 Å². The lowest BCUT2D eigenvalue weighted by Crippen LogP contribution is -2.49. The van der Waals surface area contributed by atoms with Crippen molar-refractivity contribution in [2.24, 2.45) is 0 Å². The summed E-state index contributed by atoms with van der Waals surface area (Å²) in [6, 6.07) is 28.3. The van der Waals surface area contributed by atoms with Crippen LogP contribution in [0.25, 0.3) is 28.0 Å². The Bertz CT molecular complexity index is 1670. The summed E-state index contributed by atoms with van der Waals surface area (Å²) in [5.74, 6) is 0.639. The Hall–Kier alpha value is -4.13. The minimum atomic E-state index is -0.00227. The van der Waals surface area contributed by atoms with Crippen LogP contribution in [0.4, 0.5) is 0 Å². The summed E-state index contributed by atoms with van der Waals surface area (Å²) in [6.07, 6.45) is 2.22. The van der Waals surface area contributed by atoms with Crippen LogP contribution in [-0.4, -0.2) is 57.9 Å². The molecule has 0 bridgehead atoms. The molecule has 0 N–H and O–H groups in total. The van der Waals surface area contributed by atoms with Crippen LogP contribution in [0.5, 0.6) is 5.75 Å². The number of fused-ring (bicyclic) bond motifs is 1. The predicted octanol–water partition coefficient (Wildman–Crippen LogP) is 6.66. The molecule has 1 saturated heterocycles. The quantitative estimate of drug-likeness (QED) is 0.222. The fourth-order valence-corrected chi connectivity index (χ4v) is 5.54. The van der Waals surface area contributed by atoms with Gasteiger partial charge in [-0.3, -0.25) is 9.69 Å². The van der Waals surface area contributed by atoms with Gasteiger partial charge < -0.3 is 14.0 Å². The summed E-state index contributed by atoms with van der Waals surface area (Å²) in [6.45, 7) is 7.94. The molecule has 5 aromatic rings. The number of carbonyl (C=O) groups is 1. The molecule has 0 spiro atoms. The van der Waals surface area contributed by atoms with Crippen molar-refractivity contribution >= 4 is 23.2 Å². The van der Waals surface area contributed by atoms with E-state index in [4.69, 9.17) is 21.3 Å². The monoisotopic (exact) mass is 564 g/mol. The van der Waals surface area contributed by atoms with Gasteiger partial charge in [-0.25, -0.2) is 4.98 Å². The Balaban J connectivity index is 1.22. The molecular weight excluding hydrogens is 532 g/mol. The van der Waals surface area contributed by atoms with E-state index in [1.54, 1.807) is 24.3 Å². The smallest absolute Gasteiger partial charge is 0.260 e. The van der Waals surface area contributed by atoms with E-state index in [0.717, 1.165) is 42.2 Å². The molecule has 0 saturated carbocycles. The molecule has 3 heterocycles. The number of hydrogen-bond donors (Lipinski definition) is 0. The second-order valence-electron chi connectivity index (χ2n) is 10.6. The molecule has 1 amide bonds. The first-order valence-electron chi connectivity index (χ1n) is 14.0. The lowest BCUT2D eigenvalue weighted by molar-refractivity contribution is -0.135. The molecule has 2 aromatic heterocycles. The van der Waals surface area contributed by atoms with E-state index in [2.05, 4.69) is 83.9 Å². The average Bonchev–Trinajstić information content (AvgIpc) is 3.36. The number of halogens is 1. The number of hydrogen-bond acceptors (Lipinski definition) is 4. The van der Waals surface area contributed by atoms with Gasteiger partial charge in [0.25, 0.3) is 5.91 Å². The van der Waals surface area contributed by atoms with Gasteiger partial charge in [0.2, 0.25) is 0 Å². The Labute approximate surface area is 245 Å². The van der Waals surface area contributed by atoms with E-state index in [1.807, 2.05) is 11.0 Å². The molecule has 1 aliphatic heterocycles. The number of aromatic nitrogens is 2. The van der Waals surface area contributed by atoms with E-state index < -0.39 is 0 Å². The number of pyridine rings is 1. The van der Waals surface area contributed by atoms with Crippen molar-refractivity contribution in [1.29, 1.82) is 0 Å². The third-order valence-electron chi connectivity index (χ3n) is 7.74.